The van der Waals surface area contributed by atoms with Crippen molar-refractivity contribution in [1.29, 1.82) is 0 Å². The topological polar surface area (TPSA) is 84.4 Å². The van der Waals surface area contributed by atoms with Crippen molar-refractivity contribution in [1.82, 2.24) is 15.0 Å². The van der Waals surface area contributed by atoms with E-state index in [0.29, 0.717) is 52.7 Å². The van der Waals surface area contributed by atoms with Crippen LogP contribution in [0.5, 0.6) is 0 Å². The molecule has 0 radical (unpaired) electrons. The van der Waals surface area contributed by atoms with Crippen molar-refractivity contribution in [3.05, 3.63) is 60.8 Å². The number of nitrogens with two attached hydrogens (primary N) is 1. The van der Waals surface area contributed by atoms with Gasteiger partial charge >= 0.3 is 0 Å². The summed E-state index contributed by atoms with van der Waals surface area (Å²) >= 11 is 0. The molecule has 0 bridgehead atoms. The zero-order valence-electron chi connectivity index (χ0n) is 18.6. The van der Waals surface area contributed by atoms with Crippen LogP contribution in [0.25, 0.3) is 43.6 Å². The molecule has 0 atom stereocenters. The molecule has 4 aromatic carbocycles. The maximum Gasteiger partial charge on any atom is 0.113 e. The Labute approximate surface area is 192 Å². The van der Waals surface area contributed by atoms with Crippen molar-refractivity contribution in [3.8, 4) is 11.3 Å². The lowest BCUT2D eigenvalue weighted by molar-refractivity contribution is 0.0141. The van der Waals surface area contributed by atoms with Gasteiger partial charge in [-0.3, -0.25) is 0 Å². The Morgan fingerprint density at radius 1 is 0.697 bits per heavy atom. The Hall–Kier alpha value is -3.10. The van der Waals surface area contributed by atoms with Gasteiger partial charge in [0, 0.05) is 12.1 Å². The average molecular weight is 445 g/mol. The minimum Gasteiger partial charge on any atom is -0.378 e. The largest absolute Gasteiger partial charge is 0.378 e. The van der Waals surface area contributed by atoms with Crippen LogP contribution in [0.4, 0.5) is 0 Å². The second-order valence-electron chi connectivity index (χ2n) is 7.96. The molecule has 0 saturated carbocycles. The fourth-order valence-electron chi connectivity index (χ4n) is 4.27. The summed E-state index contributed by atoms with van der Waals surface area (Å²) in [6.45, 7) is 4.47. The lowest BCUT2D eigenvalue weighted by Crippen LogP contribution is -2.14. The van der Waals surface area contributed by atoms with Crippen LogP contribution >= 0.6 is 0 Å². The molecule has 33 heavy (non-hydrogen) atoms. The van der Waals surface area contributed by atoms with Gasteiger partial charge in [0.1, 0.15) is 5.69 Å². The van der Waals surface area contributed by atoms with E-state index in [1.54, 1.807) is 0 Å². The van der Waals surface area contributed by atoms with Crippen LogP contribution in [0.15, 0.2) is 60.8 Å². The molecule has 0 fully saturated rings. The van der Waals surface area contributed by atoms with E-state index in [1.807, 2.05) is 10.9 Å². The predicted octanol–water partition coefficient (Wildman–Crippen LogP) is 3.85. The predicted molar refractivity (Wildman–Crippen MR) is 131 cm³/mol. The van der Waals surface area contributed by atoms with Crippen molar-refractivity contribution in [2.75, 3.05) is 46.2 Å². The molecule has 0 aliphatic carbocycles. The minimum absolute atomic E-state index is 0.532. The monoisotopic (exact) mass is 444 g/mol. The Morgan fingerprint density at radius 3 is 2.09 bits per heavy atom. The highest BCUT2D eigenvalue weighted by molar-refractivity contribution is 6.25. The van der Waals surface area contributed by atoms with Crippen LogP contribution in [0.1, 0.15) is 0 Å². The lowest BCUT2D eigenvalue weighted by atomic mass is 9.91. The fourth-order valence-corrected chi connectivity index (χ4v) is 4.27. The van der Waals surface area contributed by atoms with Gasteiger partial charge in [-0.2, -0.15) is 0 Å². The van der Waals surface area contributed by atoms with Crippen LogP contribution < -0.4 is 5.73 Å². The molecule has 1 heterocycles. The first kappa shape index (κ1) is 21.7. The molecule has 0 aliphatic rings. The molecular formula is C26H28N4O3. The van der Waals surface area contributed by atoms with E-state index < -0.39 is 0 Å². The Bertz CT molecular complexity index is 1320. The summed E-state index contributed by atoms with van der Waals surface area (Å²) in [4.78, 5) is 0. The third-order valence-corrected chi connectivity index (χ3v) is 5.81. The smallest absolute Gasteiger partial charge is 0.113 e. The first-order valence-electron chi connectivity index (χ1n) is 11.4. The standard InChI is InChI=1S/C26H28N4O3/c27-10-12-31-14-16-33-17-15-32-13-11-30-18-24(28-29-30)22-8-6-21-5-4-19-2-1-3-20-7-9-23(22)26(21)25(19)20/h1-9,18H,10-17,27H2. The van der Waals surface area contributed by atoms with E-state index in [2.05, 4.69) is 64.9 Å². The van der Waals surface area contributed by atoms with Crippen molar-refractivity contribution in [2.45, 2.75) is 6.54 Å². The number of hydrogen-bond donors (Lipinski definition) is 1. The summed E-state index contributed by atoms with van der Waals surface area (Å²) in [5.74, 6) is 0. The quantitative estimate of drug-likeness (QED) is 0.232. The lowest BCUT2D eigenvalue weighted by Gasteiger charge is -2.12. The second-order valence-corrected chi connectivity index (χ2v) is 7.96. The third-order valence-electron chi connectivity index (χ3n) is 5.81. The molecule has 5 aromatic rings. The molecule has 0 spiro atoms. The number of rotatable bonds is 12. The second kappa shape index (κ2) is 10.2. The summed E-state index contributed by atoms with van der Waals surface area (Å²) in [6.07, 6.45) is 1.99. The van der Waals surface area contributed by atoms with Gasteiger partial charge in [-0.15, -0.1) is 5.10 Å². The highest BCUT2D eigenvalue weighted by Crippen LogP contribution is 2.38. The van der Waals surface area contributed by atoms with Crippen molar-refractivity contribution in [2.24, 2.45) is 5.73 Å². The SMILES string of the molecule is NCCOCCOCCOCCn1cc(-c2ccc3ccc4cccc5ccc2c3c45)nn1. The van der Waals surface area contributed by atoms with Crippen molar-refractivity contribution >= 4 is 32.3 Å². The number of nitrogens with zero attached hydrogens (tertiary/aromatic N) is 3. The van der Waals surface area contributed by atoms with Crippen LogP contribution in [-0.2, 0) is 20.8 Å². The molecular weight excluding hydrogens is 416 g/mol. The van der Waals surface area contributed by atoms with E-state index >= 15 is 0 Å². The highest BCUT2D eigenvalue weighted by atomic mass is 16.5. The first-order valence-corrected chi connectivity index (χ1v) is 11.4. The van der Waals surface area contributed by atoms with E-state index in [0.717, 1.165) is 11.3 Å². The number of benzene rings is 4. The Morgan fingerprint density at radius 2 is 1.33 bits per heavy atom. The molecule has 2 N–H and O–H groups in total. The third kappa shape index (κ3) is 4.67. The number of ether oxygens (including phenoxy) is 3. The summed E-state index contributed by atoms with van der Waals surface area (Å²) in [5, 5.41) is 16.3. The van der Waals surface area contributed by atoms with E-state index in [-0.39, 0.29) is 0 Å². The van der Waals surface area contributed by atoms with Crippen LogP contribution in [0.2, 0.25) is 0 Å². The van der Waals surface area contributed by atoms with Gasteiger partial charge in [0.05, 0.1) is 52.4 Å². The minimum atomic E-state index is 0.532. The highest BCUT2D eigenvalue weighted by Gasteiger charge is 2.13. The van der Waals surface area contributed by atoms with Crippen LogP contribution in [0.3, 0.4) is 0 Å². The average Bonchev–Trinajstić information content (AvgIpc) is 3.32. The summed E-state index contributed by atoms with van der Waals surface area (Å²) in [5.41, 5.74) is 7.33. The molecule has 0 saturated heterocycles. The van der Waals surface area contributed by atoms with Gasteiger partial charge in [-0.05, 0) is 32.3 Å². The summed E-state index contributed by atoms with van der Waals surface area (Å²) in [7, 11) is 0. The van der Waals surface area contributed by atoms with Gasteiger partial charge in [0.25, 0.3) is 0 Å². The van der Waals surface area contributed by atoms with Crippen LogP contribution in [-0.4, -0.2) is 61.2 Å². The van der Waals surface area contributed by atoms with Crippen LogP contribution in [0, 0.1) is 0 Å². The first-order chi connectivity index (χ1) is 16.3. The zero-order valence-corrected chi connectivity index (χ0v) is 18.6. The van der Waals surface area contributed by atoms with E-state index in [1.165, 1.54) is 32.3 Å². The number of hydrogen-bond acceptors (Lipinski definition) is 6. The molecule has 0 unspecified atom stereocenters. The zero-order chi connectivity index (χ0) is 22.5. The maximum atomic E-state index is 5.65. The molecule has 170 valence electrons. The Kier molecular flexibility index (Phi) is 6.73. The van der Waals surface area contributed by atoms with Crippen molar-refractivity contribution < 1.29 is 14.2 Å². The molecule has 0 amide bonds. The molecule has 7 heteroatoms. The molecule has 7 nitrogen and oxygen atoms in total. The maximum absolute atomic E-state index is 5.65. The number of aromatic nitrogens is 3. The Balaban J connectivity index is 1.22. The van der Waals surface area contributed by atoms with Gasteiger partial charge in [-0.1, -0.05) is 59.8 Å². The normalized spacial score (nSPS) is 11.9. The van der Waals surface area contributed by atoms with Gasteiger partial charge in [0.2, 0.25) is 0 Å². The van der Waals surface area contributed by atoms with Crippen molar-refractivity contribution in [3.63, 3.8) is 0 Å². The van der Waals surface area contributed by atoms with E-state index in [4.69, 9.17) is 19.9 Å². The van der Waals surface area contributed by atoms with Gasteiger partial charge in [0.15, 0.2) is 0 Å². The van der Waals surface area contributed by atoms with E-state index in [9.17, 15) is 0 Å². The molecule has 1 aromatic heterocycles. The fraction of sp³-hybridized carbons (Fsp3) is 0.308. The van der Waals surface area contributed by atoms with Gasteiger partial charge < -0.3 is 19.9 Å². The summed E-state index contributed by atoms with van der Waals surface area (Å²) in [6, 6.07) is 19.5. The summed E-state index contributed by atoms with van der Waals surface area (Å²) < 4.78 is 18.2. The molecule has 0 aliphatic heterocycles. The van der Waals surface area contributed by atoms with Gasteiger partial charge in [-0.25, -0.2) is 4.68 Å². The molecule has 5 rings (SSSR count).